The number of hydrogen-bond acceptors (Lipinski definition) is 4. The summed E-state index contributed by atoms with van der Waals surface area (Å²) in [5.41, 5.74) is 1.17. The first-order valence-corrected chi connectivity index (χ1v) is 10.1. The van der Waals surface area contributed by atoms with Gasteiger partial charge >= 0.3 is 0 Å². The monoisotopic (exact) mass is 374 g/mol. The molecule has 1 aliphatic rings. The Labute approximate surface area is 153 Å². The lowest BCUT2D eigenvalue weighted by Crippen LogP contribution is -2.28. The third kappa shape index (κ3) is 4.05. The highest BCUT2D eigenvalue weighted by molar-refractivity contribution is 7.89. The van der Waals surface area contributed by atoms with Crippen molar-refractivity contribution in [1.29, 1.82) is 0 Å². The Balaban J connectivity index is 1.59. The van der Waals surface area contributed by atoms with Crippen LogP contribution in [0.2, 0.25) is 0 Å². The summed E-state index contributed by atoms with van der Waals surface area (Å²) in [7, 11) is -3.47. The summed E-state index contributed by atoms with van der Waals surface area (Å²) < 4.78 is 26.4. The number of nitrogens with one attached hydrogen (secondary N) is 1. The Morgan fingerprint density at radius 2 is 1.69 bits per heavy atom. The molecular formula is C19H22N2O4S. The molecular weight excluding hydrogens is 352 g/mol. The average Bonchev–Trinajstić information content (AvgIpc) is 3.19. The van der Waals surface area contributed by atoms with Gasteiger partial charge < -0.3 is 10.4 Å². The molecule has 0 spiro atoms. The minimum Gasteiger partial charge on any atom is -0.508 e. The van der Waals surface area contributed by atoms with Gasteiger partial charge in [-0.05, 0) is 55.2 Å². The summed E-state index contributed by atoms with van der Waals surface area (Å²) in [6.07, 6.45) is 2.28. The first-order chi connectivity index (χ1) is 12.5. The molecule has 1 amide bonds. The van der Waals surface area contributed by atoms with E-state index in [-0.39, 0.29) is 16.6 Å². The number of sulfonamides is 1. The minimum atomic E-state index is -3.47. The Morgan fingerprint density at radius 3 is 2.35 bits per heavy atom. The lowest BCUT2D eigenvalue weighted by Gasteiger charge is -2.15. The fraction of sp³-hybridized carbons (Fsp3) is 0.316. The second-order valence-electron chi connectivity index (χ2n) is 6.27. The molecule has 2 N–H and O–H groups in total. The van der Waals surface area contributed by atoms with E-state index in [1.165, 1.54) is 28.6 Å². The Bertz CT molecular complexity index is 873. The van der Waals surface area contributed by atoms with E-state index in [0.29, 0.717) is 31.6 Å². The maximum Gasteiger partial charge on any atom is 0.251 e. The van der Waals surface area contributed by atoms with Gasteiger partial charge in [0.25, 0.3) is 5.91 Å². The van der Waals surface area contributed by atoms with Gasteiger partial charge in [0.15, 0.2) is 0 Å². The van der Waals surface area contributed by atoms with Gasteiger partial charge in [0.1, 0.15) is 5.75 Å². The molecule has 0 atom stereocenters. The normalized spacial score (nSPS) is 15.1. The van der Waals surface area contributed by atoms with Gasteiger partial charge in [-0.15, -0.1) is 0 Å². The zero-order chi connectivity index (χ0) is 18.6. The largest absolute Gasteiger partial charge is 0.508 e. The molecule has 0 saturated carbocycles. The zero-order valence-corrected chi connectivity index (χ0v) is 15.2. The highest BCUT2D eigenvalue weighted by atomic mass is 32.2. The first-order valence-electron chi connectivity index (χ1n) is 8.64. The number of carbonyl (C=O) groups is 1. The van der Waals surface area contributed by atoms with Crippen LogP contribution in [-0.4, -0.2) is 43.4 Å². The van der Waals surface area contributed by atoms with Crippen molar-refractivity contribution in [1.82, 2.24) is 9.62 Å². The number of nitrogens with zero attached hydrogens (tertiary/aromatic N) is 1. The summed E-state index contributed by atoms with van der Waals surface area (Å²) in [4.78, 5) is 12.4. The molecule has 1 aliphatic heterocycles. The summed E-state index contributed by atoms with van der Waals surface area (Å²) in [5.74, 6) is -0.0660. The van der Waals surface area contributed by atoms with Gasteiger partial charge in [-0.25, -0.2) is 8.42 Å². The average molecular weight is 374 g/mol. The van der Waals surface area contributed by atoms with Gasteiger partial charge in [0.05, 0.1) is 4.90 Å². The van der Waals surface area contributed by atoms with Crippen molar-refractivity contribution < 1.29 is 18.3 Å². The van der Waals surface area contributed by atoms with E-state index >= 15 is 0 Å². The van der Waals surface area contributed by atoms with Crippen LogP contribution in [0.4, 0.5) is 0 Å². The number of rotatable bonds is 6. The van der Waals surface area contributed by atoms with Gasteiger partial charge in [-0.1, -0.05) is 18.2 Å². The van der Waals surface area contributed by atoms with E-state index in [0.717, 1.165) is 18.4 Å². The smallest absolute Gasteiger partial charge is 0.251 e. The number of carbonyl (C=O) groups excluding carboxylic acids is 1. The molecule has 1 saturated heterocycles. The van der Waals surface area contributed by atoms with Crippen LogP contribution < -0.4 is 5.32 Å². The van der Waals surface area contributed by atoms with Crippen molar-refractivity contribution >= 4 is 15.9 Å². The standard InChI is InChI=1S/C19H22N2O4S/c22-18-6-2-1-5-15(18)11-12-20-19(23)16-7-9-17(10-8-16)26(24,25)21-13-3-4-14-21/h1-2,5-10,22H,3-4,11-14H2,(H,20,23). The van der Waals surface area contributed by atoms with E-state index in [1.54, 1.807) is 18.2 Å². The number of aromatic hydroxyl groups is 1. The second-order valence-corrected chi connectivity index (χ2v) is 8.21. The molecule has 2 aromatic carbocycles. The molecule has 0 aliphatic carbocycles. The molecule has 1 fully saturated rings. The van der Waals surface area contributed by atoms with Crippen LogP contribution in [0.3, 0.4) is 0 Å². The SMILES string of the molecule is O=C(NCCc1ccccc1O)c1ccc(S(=O)(=O)N2CCCC2)cc1. The zero-order valence-electron chi connectivity index (χ0n) is 14.4. The minimum absolute atomic E-state index is 0.207. The number of phenolic OH excluding ortho intramolecular Hbond substituents is 1. The number of benzene rings is 2. The highest BCUT2D eigenvalue weighted by Crippen LogP contribution is 2.21. The molecule has 2 aromatic rings. The molecule has 0 radical (unpaired) electrons. The Kier molecular flexibility index (Phi) is 5.58. The third-order valence-electron chi connectivity index (χ3n) is 4.49. The predicted molar refractivity (Wildman–Crippen MR) is 98.6 cm³/mol. The van der Waals surface area contributed by atoms with E-state index in [2.05, 4.69) is 5.32 Å². The maximum atomic E-state index is 12.5. The molecule has 0 bridgehead atoms. The first kappa shape index (κ1) is 18.4. The summed E-state index contributed by atoms with van der Waals surface area (Å²) in [6, 6.07) is 13.0. The topological polar surface area (TPSA) is 86.7 Å². The maximum absolute atomic E-state index is 12.5. The second kappa shape index (κ2) is 7.88. The van der Waals surface area contributed by atoms with Crippen molar-refractivity contribution in [2.24, 2.45) is 0 Å². The molecule has 138 valence electrons. The van der Waals surface area contributed by atoms with E-state index in [9.17, 15) is 18.3 Å². The lowest BCUT2D eigenvalue weighted by atomic mass is 10.1. The molecule has 3 rings (SSSR count). The van der Waals surface area contributed by atoms with Crippen LogP contribution >= 0.6 is 0 Å². The molecule has 26 heavy (non-hydrogen) atoms. The van der Waals surface area contributed by atoms with Crippen LogP contribution in [0.25, 0.3) is 0 Å². The third-order valence-corrected chi connectivity index (χ3v) is 6.40. The van der Waals surface area contributed by atoms with Crippen LogP contribution in [0.5, 0.6) is 5.75 Å². The summed E-state index contributed by atoms with van der Waals surface area (Å²) >= 11 is 0. The number of phenols is 1. The summed E-state index contributed by atoms with van der Waals surface area (Å²) in [5, 5.41) is 12.5. The van der Waals surface area contributed by atoms with Crippen molar-refractivity contribution in [3.8, 4) is 5.75 Å². The van der Waals surface area contributed by atoms with E-state index in [4.69, 9.17) is 0 Å². The van der Waals surface area contributed by atoms with E-state index < -0.39 is 10.0 Å². The fourth-order valence-corrected chi connectivity index (χ4v) is 4.51. The molecule has 7 heteroatoms. The van der Waals surface area contributed by atoms with Crippen molar-refractivity contribution in [2.45, 2.75) is 24.2 Å². The fourth-order valence-electron chi connectivity index (χ4n) is 2.99. The van der Waals surface area contributed by atoms with Crippen LogP contribution in [0.15, 0.2) is 53.4 Å². The quantitative estimate of drug-likeness (QED) is 0.811. The Morgan fingerprint density at radius 1 is 1.04 bits per heavy atom. The predicted octanol–water partition coefficient (Wildman–Crippen LogP) is 2.15. The molecule has 6 nitrogen and oxygen atoms in total. The highest BCUT2D eigenvalue weighted by Gasteiger charge is 2.27. The molecule has 0 aromatic heterocycles. The van der Waals surface area contributed by atoms with Crippen LogP contribution in [0, 0.1) is 0 Å². The Hall–Kier alpha value is -2.38. The lowest BCUT2D eigenvalue weighted by molar-refractivity contribution is 0.0954. The number of hydrogen-bond donors (Lipinski definition) is 2. The number of amides is 1. The van der Waals surface area contributed by atoms with Gasteiger partial charge in [-0.2, -0.15) is 4.31 Å². The van der Waals surface area contributed by atoms with Gasteiger partial charge in [0.2, 0.25) is 10.0 Å². The van der Waals surface area contributed by atoms with Crippen molar-refractivity contribution in [3.63, 3.8) is 0 Å². The van der Waals surface area contributed by atoms with Gasteiger partial charge in [-0.3, -0.25) is 4.79 Å². The van der Waals surface area contributed by atoms with E-state index in [1.807, 2.05) is 6.07 Å². The van der Waals surface area contributed by atoms with Crippen LogP contribution in [0.1, 0.15) is 28.8 Å². The van der Waals surface area contributed by atoms with Crippen molar-refractivity contribution in [2.75, 3.05) is 19.6 Å². The summed E-state index contributed by atoms with van der Waals surface area (Å²) in [6.45, 7) is 1.48. The number of para-hydroxylation sites is 1. The van der Waals surface area contributed by atoms with Crippen molar-refractivity contribution in [3.05, 3.63) is 59.7 Å². The molecule has 0 unspecified atom stereocenters. The van der Waals surface area contributed by atoms with Crippen LogP contribution in [-0.2, 0) is 16.4 Å². The molecule has 1 heterocycles. The van der Waals surface area contributed by atoms with Gasteiger partial charge in [0, 0.05) is 25.2 Å².